The normalized spacial score (nSPS) is 15.1. The third-order valence-electron chi connectivity index (χ3n) is 3.01. The summed E-state index contributed by atoms with van der Waals surface area (Å²) in [6.45, 7) is 6.60. The predicted octanol–water partition coefficient (Wildman–Crippen LogP) is 6.36. The van der Waals surface area contributed by atoms with Crippen molar-refractivity contribution in [3.63, 3.8) is 0 Å². The van der Waals surface area contributed by atoms with Crippen LogP contribution in [0.15, 0.2) is 6.07 Å². The van der Waals surface area contributed by atoms with E-state index in [4.69, 9.17) is 11.6 Å². The highest BCUT2D eigenvalue weighted by Crippen LogP contribution is 2.41. The van der Waals surface area contributed by atoms with Crippen molar-refractivity contribution < 1.29 is 0 Å². The molecule has 0 fully saturated rings. The first-order valence-corrected chi connectivity index (χ1v) is 8.11. The third kappa shape index (κ3) is 3.75. The summed E-state index contributed by atoms with van der Waals surface area (Å²) in [5.74, 6) is 0.731. The molecule has 2 unspecified atom stereocenters. The van der Waals surface area contributed by atoms with Gasteiger partial charge in [-0.3, -0.25) is 0 Å². The molecule has 0 aliphatic carbocycles. The van der Waals surface area contributed by atoms with E-state index < -0.39 is 0 Å². The second-order valence-electron chi connectivity index (χ2n) is 4.32. The highest BCUT2D eigenvalue weighted by atomic mass is 79.9. The molecule has 0 radical (unpaired) electrons. The fraction of sp³-hybridized carbons (Fsp3) is 0.692. The van der Waals surface area contributed by atoms with Gasteiger partial charge in [-0.05, 0) is 30.9 Å². The molecular formula is C13H20BrClS. The summed E-state index contributed by atoms with van der Waals surface area (Å²) in [5, 5.41) is 0. The van der Waals surface area contributed by atoms with Crippen molar-refractivity contribution in [2.24, 2.45) is 5.92 Å². The van der Waals surface area contributed by atoms with E-state index in [0.717, 1.165) is 10.3 Å². The van der Waals surface area contributed by atoms with Crippen molar-refractivity contribution >= 4 is 38.9 Å². The van der Waals surface area contributed by atoms with Gasteiger partial charge in [0.1, 0.15) is 0 Å². The Morgan fingerprint density at radius 2 is 2.12 bits per heavy atom. The summed E-state index contributed by atoms with van der Waals surface area (Å²) in [5.41, 5.74) is 1.21. The molecule has 0 aromatic carbocycles. The number of hydrogen-bond acceptors (Lipinski definition) is 1. The quantitative estimate of drug-likeness (QED) is 0.534. The van der Waals surface area contributed by atoms with E-state index in [-0.39, 0.29) is 0 Å². The summed E-state index contributed by atoms with van der Waals surface area (Å²) >= 11 is 11.7. The average molecular weight is 324 g/mol. The van der Waals surface area contributed by atoms with Crippen molar-refractivity contribution in [1.29, 1.82) is 0 Å². The lowest BCUT2D eigenvalue weighted by Gasteiger charge is -2.19. The minimum atomic E-state index is 0.472. The van der Waals surface area contributed by atoms with E-state index >= 15 is 0 Å². The van der Waals surface area contributed by atoms with Crippen LogP contribution in [0.4, 0.5) is 0 Å². The molecule has 0 N–H and O–H groups in total. The fourth-order valence-corrected chi connectivity index (χ4v) is 4.22. The molecule has 0 aliphatic rings. The highest BCUT2D eigenvalue weighted by Gasteiger charge is 2.20. The molecule has 16 heavy (non-hydrogen) atoms. The van der Waals surface area contributed by atoms with Gasteiger partial charge in [0.15, 0.2) is 0 Å². The maximum Gasteiger partial charge on any atom is 0.0960 e. The van der Waals surface area contributed by atoms with Gasteiger partial charge in [0.25, 0.3) is 0 Å². The topological polar surface area (TPSA) is 0 Å². The lowest BCUT2D eigenvalue weighted by molar-refractivity contribution is 0.449. The van der Waals surface area contributed by atoms with Crippen molar-refractivity contribution in [2.45, 2.75) is 51.3 Å². The van der Waals surface area contributed by atoms with E-state index in [0.29, 0.717) is 4.83 Å². The molecule has 1 aromatic rings. The van der Waals surface area contributed by atoms with Gasteiger partial charge in [0.2, 0.25) is 0 Å². The van der Waals surface area contributed by atoms with E-state index in [1.54, 1.807) is 11.3 Å². The van der Waals surface area contributed by atoms with Gasteiger partial charge in [-0.2, -0.15) is 0 Å². The SMILES string of the molecule is CCCCC(CC)C(Br)c1cc(C)c(Cl)s1. The molecule has 0 bridgehead atoms. The molecule has 0 amide bonds. The van der Waals surface area contributed by atoms with Gasteiger partial charge in [-0.25, -0.2) is 0 Å². The number of aryl methyl sites for hydroxylation is 1. The van der Waals surface area contributed by atoms with Crippen molar-refractivity contribution in [3.8, 4) is 0 Å². The first kappa shape index (κ1) is 14.5. The first-order valence-electron chi connectivity index (χ1n) is 6.00. The molecule has 0 spiro atoms. The number of alkyl halides is 1. The number of thiophene rings is 1. The molecule has 92 valence electrons. The highest BCUT2D eigenvalue weighted by molar-refractivity contribution is 9.09. The van der Waals surface area contributed by atoms with Crippen LogP contribution in [0.1, 0.15) is 54.8 Å². The molecule has 1 heterocycles. The van der Waals surface area contributed by atoms with Crippen LogP contribution in [-0.4, -0.2) is 0 Å². The van der Waals surface area contributed by atoms with Crippen LogP contribution in [0.5, 0.6) is 0 Å². The molecule has 0 aliphatic heterocycles. The maximum atomic E-state index is 6.12. The van der Waals surface area contributed by atoms with Crippen LogP contribution >= 0.6 is 38.9 Å². The third-order valence-corrected chi connectivity index (χ3v) is 6.20. The molecule has 1 aromatic heterocycles. The van der Waals surface area contributed by atoms with Crippen LogP contribution in [0, 0.1) is 12.8 Å². The monoisotopic (exact) mass is 322 g/mol. The van der Waals surface area contributed by atoms with E-state index in [1.807, 2.05) is 0 Å². The molecule has 0 nitrogen and oxygen atoms in total. The van der Waals surface area contributed by atoms with Crippen molar-refractivity contribution in [2.75, 3.05) is 0 Å². The van der Waals surface area contributed by atoms with Gasteiger partial charge < -0.3 is 0 Å². The molecule has 1 rings (SSSR count). The largest absolute Gasteiger partial charge is 0.127 e. The van der Waals surface area contributed by atoms with Gasteiger partial charge >= 0.3 is 0 Å². The Balaban J connectivity index is 2.70. The summed E-state index contributed by atoms with van der Waals surface area (Å²) in [6, 6.07) is 2.22. The molecular weight excluding hydrogens is 304 g/mol. The summed E-state index contributed by atoms with van der Waals surface area (Å²) in [4.78, 5) is 1.85. The van der Waals surface area contributed by atoms with Crippen LogP contribution < -0.4 is 0 Å². The van der Waals surface area contributed by atoms with Crippen LogP contribution in [0.3, 0.4) is 0 Å². The lowest BCUT2D eigenvalue weighted by Crippen LogP contribution is -2.05. The Morgan fingerprint density at radius 3 is 2.56 bits per heavy atom. The summed E-state index contributed by atoms with van der Waals surface area (Å²) in [6.07, 6.45) is 5.13. The van der Waals surface area contributed by atoms with Gasteiger partial charge in [0.05, 0.1) is 9.16 Å². The predicted molar refractivity (Wildman–Crippen MR) is 79.0 cm³/mol. The number of rotatable bonds is 6. The number of hydrogen-bond donors (Lipinski definition) is 0. The van der Waals surface area contributed by atoms with Gasteiger partial charge in [0, 0.05) is 4.88 Å². The number of unbranched alkanes of at least 4 members (excludes halogenated alkanes) is 1. The molecule has 2 atom stereocenters. The minimum Gasteiger partial charge on any atom is -0.127 e. The molecule has 0 saturated carbocycles. The maximum absolute atomic E-state index is 6.12. The first-order chi connectivity index (χ1) is 7.60. The molecule has 3 heteroatoms. The van der Waals surface area contributed by atoms with E-state index in [1.165, 1.54) is 36.1 Å². The zero-order valence-electron chi connectivity index (χ0n) is 10.2. The van der Waals surface area contributed by atoms with E-state index in [9.17, 15) is 0 Å². The Hall–Kier alpha value is 0.470. The van der Waals surface area contributed by atoms with Crippen LogP contribution in [-0.2, 0) is 0 Å². The molecule has 0 saturated heterocycles. The zero-order valence-corrected chi connectivity index (χ0v) is 13.4. The second-order valence-corrected chi connectivity index (χ2v) is 6.99. The summed E-state index contributed by atoms with van der Waals surface area (Å²) in [7, 11) is 0. The Bertz CT molecular complexity index is 302. The Kier molecular flexibility index (Phi) is 6.38. The standard InChI is InChI=1S/C13H20BrClS/c1-4-6-7-10(5-2)12(14)11-8-9(3)13(15)16-11/h8,10,12H,4-7H2,1-3H3. The Morgan fingerprint density at radius 1 is 1.44 bits per heavy atom. The van der Waals surface area contributed by atoms with Crippen molar-refractivity contribution in [1.82, 2.24) is 0 Å². The van der Waals surface area contributed by atoms with Crippen molar-refractivity contribution in [3.05, 3.63) is 20.8 Å². The van der Waals surface area contributed by atoms with Gasteiger partial charge in [-0.15, -0.1) is 11.3 Å². The van der Waals surface area contributed by atoms with E-state index in [2.05, 4.69) is 42.8 Å². The summed E-state index contributed by atoms with van der Waals surface area (Å²) < 4.78 is 0.935. The number of halogens is 2. The second kappa shape index (κ2) is 7.03. The minimum absolute atomic E-state index is 0.472. The lowest BCUT2D eigenvalue weighted by atomic mass is 9.95. The van der Waals surface area contributed by atoms with Crippen LogP contribution in [0.2, 0.25) is 4.34 Å². The average Bonchev–Trinajstić information content (AvgIpc) is 2.60. The Labute approximate surface area is 117 Å². The zero-order chi connectivity index (χ0) is 12.1. The smallest absolute Gasteiger partial charge is 0.0960 e. The van der Waals surface area contributed by atoms with Crippen LogP contribution in [0.25, 0.3) is 0 Å². The fourth-order valence-electron chi connectivity index (χ4n) is 1.88. The van der Waals surface area contributed by atoms with Gasteiger partial charge in [-0.1, -0.05) is 60.6 Å².